The normalized spacial score (nSPS) is 15.7. The van der Waals surface area contributed by atoms with Crippen LogP contribution in [-0.2, 0) is 0 Å². The first-order valence-corrected chi connectivity index (χ1v) is 6.28. The molecule has 1 fully saturated rings. The lowest BCUT2D eigenvalue weighted by Gasteiger charge is -2.29. The van der Waals surface area contributed by atoms with Crippen LogP contribution < -0.4 is 21.9 Å². The Morgan fingerprint density at radius 1 is 1.24 bits per heavy atom. The summed E-state index contributed by atoms with van der Waals surface area (Å²) in [6.07, 6.45) is 3.82. The van der Waals surface area contributed by atoms with E-state index in [1.165, 1.54) is 24.9 Å². The van der Waals surface area contributed by atoms with Crippen LogP contribution in [0.15, 0.2) is 18.2 Å². The van der Waals surface area contributed by atoms with Crippen molar-refractivity contribution in [2.75, 3.05) is 23.7 Å². The number of hydrogen-bond donors (Lipinski definition) is 3. The van der Waals surface area contributed by atoms with Crippen LogP contribution in [0.2, 0.25) is 0 Å². The van der Waals surface area contributed by atoms with Gasteiger partial charge < -0.3 is 16.1 Å². The number of nitrogens with one attached hydrogen (secondary N) is 1. The summed E-state index contributed by atoms with van der Waals surface area (Å²) in [5.41, 5.74) is 11.0. The average molecular weight is 250 g/mol. The molecule has 92 valence electrons. The quantitative estimate of drug-likeness (QED) is 0.320. The molecule has 1 aromatic carbocycles. The molecule has 5 heteroatoms. The van der Waals surface area contributed by atoms with Gasteiger partial charge in [0.1, 0.15) is 4.99 Å². The summed E-state index contributed by atoms with van der Waals surface area (Å²) in [6, 6.07) is 5.95. The Bertz CT molecular complexity index is 413. The molecular formula is C12H18N4S. The predicted molar refractivity (Wildman–Crippen MR) is 75.9 cm³/mol. The van der Waals surface area contributed by atoms with Gasteiger partial charge in [-0.1, -0.05) is 12.2 Å². The molecule has 5 N–H and O–H groups in total. The number of hydrazine groups is 1. The predicted octanol–water partition coefficient (Wildman–Crippen LogP) is 1.40. The molecule has 0 spiro atoms. The van der Waals surface area contributed by atoms with Gasteiger partial charge in [-0.25, -0.2) is 5.84 Å². The van der Waals surface area contributed by atoms with E-state index in [1.807, 2.05) is 18.2 Å². The largest absolute Gasteiger partial charge is 0.398 e. The first-order chi connectivity index (χ1) is 8.22. The van der Waals surface area contributed by atoms with Crippen molar-refractivity contribution in [2.24, 2.45) is 5.84 Å². The first kappa shape index (κ1) is 12.1. The third-order valence-electron chi connectivity index (χ3n) is 3.13. The summed E-state index contributed by atoms with van der Waals surface area (Å²) in [4.78, 5) is 2.85. The summed E-state index contributed by atoms with van der Waals surface area (Å²) in [5, 5.41) is 0. The van der Waals surface area contributed by atoms with Crippen LogP contribution in [0.25, 0.3) is 0 Å². The number of nitrogens with two attached hydrogens (primary N) is 2. The second-order valence-corrected chi connectivity index (χ2v) is 4.70. The zero-order valence-corrected chi connectivity index (χ0v) is 10.6. The van der Waals surface area contributed by atoms with Crippen LogP contribution in [-0.4, -0.2) is 18.1 Å². The summed E-state index contributed by atoms with van der Waals surface area (Å²) in [5.74, 6) is 5.34. The van der Waals surface area contributed by atoms with Crippen molar-refractivity contribution in [3.05, 3.63) is 23.8 Å². The van der Waals surface area contributed by atoms with Crippen LogP contribution in [0.4, 0.5) is 11.4 Å². The molecule has 4 nitrogen and oxygen atoms in total. The number of nitrogens with zero attached hydrogens (tertiary/aromatic N) is 1. The number of hydrogen-bond acceptors (Lipinski definition) is 4. The van der Waals surface area contributed by atoms with Gasteiger partial charge in [0.2, 0.25) is 0 Å². The van der Waals surface area contributed by atoms with Gasteiger partial charge in [-0.15, -0.1) is 0 Å². The van der Waals surface area contributed by atoms with E-state index in [2.05, 4.69) is 10.3 Å². The number of rotatable bonds is 2. The van der Waals surface area contributed by atoms with Crippen molar-refractivity contribution >= 4 is 28.6 Å². The van der Waals surface area contributed by atoms with Gasteiger partial charge >= 0.3 is 0 Å². The van der Waals surface area contributed by atoms with Crippen molar-refractivity contribution in [2.45, 2.75) is 19.3 Å². The van der Waals surface area contributed by atoms with Crippen molar-refractivity contribution in [1.29, 1.82) is 0 Å². The number of nitrogen functional groups attached to an aromatic ring is 1. The topological polar surface area (TPSA) is 67.3 Å². The summed E-state index contributed by atoms with van der Waals surface area (Å²) in [6.45, 7) is 2.21. The van der Waals surface area contributed by atoms with Gasteiger partial charge in [-0.05, 0) is 37.5 Å². The van der Waals surface area contributed by atoms with E-state index in [9.17, 15) is 0 Å². The van der Waals surface area contributed by atoms with E-state index in [1.54, 1.807) is 0 Å². The molecule has 1 aliphatic rings. The molecule has 17 heavy (non-hydrogen) atoms. The van der Waals surface area contributed by atoms with E-state index in [0.29, 0.717) is 10.7 Å². The molecule has 0 bridgehead atoms. The average Bonchev–Trinajstić information content (AvgIpc) is 2.39. The zero-order valence-electron chi connectivity index (χ0n) is 9.78. The van der Waals surface area contributed by atoms with E-state index >= 15 is 0 Å². The van der Waals surface area contributed by atoms with Gasteiger partial charge in [0.05, 0.1) is 0 Å². The Balaban J connectivity index is 2.26. The molecule has 0 aliphatic carbocycles. The second-order valence-electron chi connectivity index (χ2n) is 4.29. The molecule has 0 unspecified atom stereocenters. The first-order valence-electron chi connectivity index (χ1n) is 5.88. The minimum Gasteiger partial charge on any atom is -0.398 e. The van der Waals surface area contributed by atoms with Crippen molar-refractivity contribution in [3.63, 3.8) is 0 Å². The van der Waals surface area contributed by atoms with E-state index < -0.39 is 0 Å². The molecule has 0 atom stereocenters. The Labute approximate surface area is 107 Å². The van der Waals surface area contributed by atoms with Crippen molar-refractivity contribution in [3.8, 4) is 0 Å². The van der Waals surface area contributed by atoms with Gasteiger partial charge in [0, 0.05) is 30.0 Å². The van der Waals surface area contributed by atoms with Crippen LogP contribution in [0.3, 0.4) is 0 Å². The van der Waals surface area contributed by atoms with Gasteiger partial charge in [-0.3, -0.25) is 0 Å². The third-order valence-corrected chi connectivity index (χ3v) is 3.47. The van der Waals surface area contributed by atoms with E-state index in [-0.39, 0.29) is 0 Å². The highest BCUT2D eigenvalue weighted by Crippen LogP contribution is 2.24. The highest BCUT2D eigenvalue weighted by atomic mass is 32.1. The maximum Gasteiger partial charge on any atom is 0.122 e. The van der Waals surface area contributed by atoms with E-state index in [4.69, 9.17) is 23.8 Å². The maximum absolute atomic E-state index is 5.89. The molecule has 0 amide bonds. The highest BCUT2D eigenvalue weighted by molar-refractivity contribution is 7.80. The molecule has 0 radical (unpaired) electrons. The van der Waals surface area contributed by atoms with Crippen LogP contribution in [0.1, 0.15) is 24.8 Å². The van der Waals surface area contributed by atoms with Crippen LogP contribution in [0, 0.1) is 0 Å². The number of thiocarbonyl (C=S) groups is 1. The fourth-order valence-electron chi connectivity index (χ4n) is 2.17. The van der Waals surface area contributed by atoms with Crippen LogP contribution in [0.5, 0.6) is 0 Å². The lowest BCUT2D eigenvalue weighted by Crippen LogP contribution is -2.31. The highest BCUT2D eigenvalue weighted by Gasteiger charge is 2.13. The Kier molecular flexibility index (Phi) is 3.81. The molecule has 2 rings (SSSR count). The van der Waals surface area contributed by atoms with Gasteiger partial charge in [-0.2, -0.15) is 0 Å². The molecule has 1 saturated heterocycles. The SMILES string of the molecule is NNC(=S)c1cc(N2CCCCC2)ccc1N. The minimum absolute atomic E-state index is 0.487. The maximum atomic E-state index is 5.89. The Hall–Kier alpha value is -1.33. The fourth-order valence-corrected chi connectivity index (χ4v) is 2.34. The fraction of sp³-hybridized carbons (Fsp3) is 0.417. The minimum atomic E-state index is 0.487. The van der Waals surface area contributed by atoms with Gasteiger partial charge in [0.15, 0.2) is 0 Å². The lowest BCUT2D eigenvalue weighted by molar-refractivity contribution is 0.578. The number of piperidine rings is 1. The third kappa shape index (κ3) is 2.68. The standard InChI is InChI=1S/C12H18N4S/c13-11-5-4-9(8-10(11)12(17)15-14)16-6-2-1-3-7-16/h4-5,8H,1-3,6-7,13-14H2,(H,15,17). The summed E-state index contributed by atoms with van der Waals surface area (Å²) >= 11 is 5.14. The molecule has 0 saturated carbocycles. The zero-order chi connectivity index (χ0) is 12.3. The van der Waals surface area contributed by atoms with E-state index in [0.717, 1.165) is 18.7 Å². The smallest absolute Gasteiger partial charge is 0.122 e. The monoisotopic (exact) mass is 250 g/mol. The molecule has 0 aromatic heterocycles. The Morgan fingerprint density at radius 3 is 2.59 bits per heavy atom. The summed E-state index contributed by atoms with van der Waals surface area (Å²) < 4.78 is 0. The molecule has 1 aromatic rings. The van der Waals surface area contributed by atoms with Gasteiger partial charge in [0.25, 0.3) is 0 Å². The van der Waals surface area contributed by atoms with Crippen molar-refractivity contribution < 1.29 is 0 Å². The number of benzene rings is 1. The Morgan fingerprint density at radius 2 is 1.94 bits per heavy atom. The summed E-state index contributed by atoms with van der Waals surface area (Å²) in [7, 11) is 0. The van der Waals surface area contributed by atoms with Crippen LogP contribution >= 0.6 is 12.2 Å². The molecule has 1 heterocycles. The molecule has 1 aliphatic heterocycles. The second kappa shape index (κ2) is 5.33. The lowest BCUT2D eigenvalue weighted by atomic mass is 10.1. The van der Waals surface area contributed by atoms with Crippen molar-refractivity contribution in [1.82, 2.24) is 5.43 Å². The number of anilines is 2. The molecular weight excluding hydrogens is 232 g/mol.